The summed E-state index contributed by atoms with van der Waals surface area (Å²) in [6, 6.07) is 19.0. The Labute approximate surface area is 172 Å². The average molecular weight is 408 g/mol. The molecular weight excluding hydrogens is 390 g/mol. The van der Waals surface area contributed by atoms with E-state index >= 15 is 0 Å². The monoisotopic (exact) mass is 407 g/mol. The molecule has 5 nitrogen and oxygen atoms in total. The molecule has 6 heteroatoms. The first-order chi connectivity index (χ1) is 14.1. The van der Waals surface area contributed by atoms with E-state index in [0.717, 1.165) is 5.56 Å². The number of Topliss-reactive ketones (excluding diaryl/α,β-unsaturated/α-hetero) is 1. The lowest BCUT2D eigenvalue weighted by Gasteiger charge is -2.26. The molecule has 3 aromatic rings. The fourth-order valence-corrected chi connectivity index (χ4v) is 3.67. The smallest absolute Gasteiger partial charge is 0.290 e. The van der Waals surface area contributed by atoms with Gasteiger partial charge in [0.2, 0.25) is 5.78 Å². The maximum Gasteiger partial charge on any atom is 0.290 e. The maximum atomic E-state index is 13.0. The molecule has 1 aromatic heterocycles. The third kappa shape index (κ3) is 3.69. The summed E-state index contributed by atoms with van der Waals surface area (Å²) in [5.74, 6) is -1.55. The average Bonchev–Trinajstić information content (AvgIpc) is 3.36. The third-order valence-electron chi connectivity index (χ3n) is 4.96. The van der Waals surface area contributed by atoms with Gasteiger partial charge in [-0.05, 0) is 41.8 Å². The van der Waals surface area contributed by atoms with Crippen molar-refractivity contribution >= 4 is 23.3 Å². The fourth-order valence-electron chi connectivity index (χ4n) is 3.54. The van der Waals surface area contributed by atoms with Crippen LogP contribution in [0.5, 0.6) is 0 Å². The normalized spacial score (nSPS) is 16.5. The van der Waals surface area contributed by atoms with E-state index in [9.17, 15) is 14.7 Å². The molecule has 2 heterocycles. The molecule has 4 rings (SSSR count). The van der Waals surface area contributed by atoms with Crippen molar-refractivity contribution in [2.45, 2.75) is 12.5 Å². The molecule has 1 aliphatic heterocycles. The molecule has 0 bridgehead atoms. The summed E-state index contributed by atoms with van der Waals surface area (Å²) in [7, 11) is 0. The standard InChI is InChI=1S/C23H18ClNO4/c24-17-10-8-16(9-11-17)20-19(21(26)18-7-4-14-29-18)22(27)23(28)25(20)13-12-15-5-2-1-3-6-15/h1-11,14,20,27H,12-13H2. The van der Waals surface area contributed by atoms with Crippen LogP contribution in [-0.4, -0.2) is 28.2 Å². The largest absolute Gasteiger partial charge is 0.503 e. The molecule has 0 saturated heterocycles. The van der Waals surface area contributed by atoms with Crippen molar-refractivity contribution in [3.05, 3.63) is 106 Å². The number of carbonyl (C=O) groups excluding carboxylic acids is 2. The molecule has 1 unspecified atom stereocenters. The van der Waals surface area contributed by atoms with Crippen LogP contribution in [0.25, 0.3) is 0 Å². The molecule has 1 atom stereocenters. The van der Waals surface area contributed by atoms with Crippen molar-refractivity contribution in [2.75, 3.05) is 6.54 Å². The van der Waals surface area contributed by atoms with Gasteiger partial charge in [0.05, 0.1) is 17.9 Å². The second kappa shape index (κ2) is 7.97. The van der Waals surface area contributed by atoms with Gasteiger partial charge in [-0.15, -0.1) is 0 Å². The van der Waals surface area contributed by atoms with E-state index in [4.69, 9.17) is 16.0 Å². The molecule has 0 radical (unpaired) electrons. The lowest BCUT2D eigenvalue weighted by Crippen LogP contribution is -2.33. The highest BCUT2D eigenvalue weighted by molar-refractivity contribution is 6.30. The van der Waals surface area contributed by atoms with Crippen LogP contribution in [0.15, 0.2) is 88.7 Å². The van der Waals surface area contributed by atoms with Crippen LogP contribution < -0.4 is 0 Å². The minimum absolute atomic E-state index is 0.0142. The van der Waals surface area contributed by atoms with Gasteiger partial charge in [0.25, 0.3) is 5.91 Å². The molecule has 29 heavy (non-hydrogen) atoms. The van der Waals surface area contributed by atoms with Crippen molar-refractivity contribution in [2.24, 2.45) is 0 Å². The summed E-state index contributed by atoms with van der Waals surface area (Å²) in [6.45, 7) is 0.342. The second-order valence-electron chi connectivity index (χ2n) is 6.76. The van der Waals surface area contributed by atoms with Gasteiger partial charge in [0, 0.05) is 11.6 Å². The number of rotatable bonds is 6. The van der Waals surface area contributed by atoms with Crippen LogP contribution in [0.2, 0.25) is 5.02 Å². The molecular formula is C23H18ClNO4. The molecule has 0 spiro atoms. The van der Waals surface area contributed by atoms with Crippen LogP contribution >= 0.6 is 11.6 Å². The lowest BCUT2D eigenvalue weighted by atomic mass is 9.95. The van der Waals surface area contributed by atoms with E-state index < -0.39 is 23.5 Å². The number of aliphatic hydroxyl groups excluding tert-OH is 1. The molecule has 1 aliphatic rings. The Hall–Kier alpha value is -3.31. The molecule has 0 aliphatic carbocycles. The quantitative estimate of drug-likeness (QED) is 0.598. The highest BCUT2D eigenvalue weighted by atomic mass is 35.5. The van der Waals surface area contributed by atoms with Crippen molar-refractivity contribution in [1.82, 2.24) is 4.90 Å². The van der Waals surface area contributed by atoms with Crippen molar-refractivity contribution in [1.29, 1.82) is 0 Å². The lowest BCUT2D eigenvalue weighted by molar-refractivity contribution is -0.129. The van der Waals surface area contributed by atoms with E-state index in [-0.39, 0.29) is 11.3 Å². The second-order valence-corrected chi connectivity index (χ2v) is 7.19. The number of hydrogen-bond acceptors (Lipinski definition) is 4. The Kier molecular flexibility index (Phi) is 5.23. The summed E-state index contributed by atoms with van der Waals surface area (Å²) >= 11 is 6.01. The minimum atomic E-state index is -0.721. The summed E-state index contributed by atoms with van der Waals surface area (Å²) in [5.41, 5.74) is 1.76. The zero-order chi connectivity index (χ0) is 20.4. The molecule has 146 valence electrons. The summed E-state index contributed by atoms with van der Waals surface area (Å²) < 4.78 is 5.21. The first-order valence-electron chi connectivity index (χ1n) is 9.18. The van der Waals surface area contributed by atoms with Gasteiger partial charge >= 0.3 is 0 Å². The molecule has 1 N–H and O–H groups in total. The summed E-state index contributed by atoms with van der Waals surface area (Å²) in [4.78, 5) is 27.4. The van der Waals surface area contributed by atoms with Gasteiger partial charge in [-0.25, -0.2) is 0 Å². The Morgan fingerprint density at radius 1 is 1.03 bits per heavy atom. The van der Waals surface area contributed by atoms with Gasteiger partial charge in [-0.3, -0.25) is 9.59 Å². The first-order valence-corrected chi connectivity index (χ1v) is 9.55. The Morgan fingerprint density at radius 3 is 2.41 bits per heavy atom. The SMILES string of the molecule is O=C(C1=C(O)C(=O)N(CCc2ccccc2)C1c1ccc(Cl)cc1)c1ccco1. The van der Waals surface area contributed by atoms with Crippen molar-refractivity contribution < 1.29 is 19.1 Å². The Bertz CT molecular complexity index is 1060. The first kappa shape index (κ1) is 19.0. The van der Waals surface area contributed by atoms with Gasteiger partial charge < -0.3 is 14.4 Å². The van der Waals surface area contributed by atoms with E-state index in [1.54, 1.807) is 30.3 Å². The van der Waals surface area contributed by atoms with E-state index in [1.165, 1.54) is 17.2 Å². The highest BCUT2D eigenvalue weighted by Gasteiger charge is 2.44. The number of ketones is 1. The van der Waals surface area contributed by atoms with E-state index in [1.807, 2.05) is 30.3 Å². The molecule has 2 aromatic carbocycles. The van der Waals surface area contributed by atoms with Crippen LogP contribution in [-0.2, 0) is 11.2 Å². The van der Waals surface area contributed by atoms with Gasteiger partial charge in [0.15, 0.2) is 11.5 Å². The van der Waals surface area contributed by atoms with Crippen LogP contribution in [0, 0.1) is 0 Å². The number of hydrogen-bond donors (Lipinski definition) is 1. The van der Waals surface area contributed by atoms with Crippen LogP contribution in [0.1, 0.15) is 27.7 Å². The summed E-state index contributed by atoms with van der Waals surface area (Å²) in [5, 5.41) is 11.1. The van der Waals surface area contributed by atoms with E-state index in [0.29, 0.717) is 23.6 Å². The molecule has 0 fully saturated rings. The molecule has 1 amide bonds. The maximum absolute atomic E-state index is 13.0. The van der Waals surface area contributed by atoms with Gasteiger partial charge in [-0.1, -0.05) is 54.1 Å². The predicted molar refractivity (Wildman–Crippen MR) is 109 cm³/mol. The predicted octanol–water partition coefficient (Wildman–Crippen LogP) is 4.75. The number of aliphatic hydroxyl groups is 1. The Balaban J connectivity index is 1.71. The topological polar surface area (TPSA) is 70.8 Å². The highest BCUT2D eigenvalue weighted by Crippen LogP contribution is 2.39. The number of halogens is 1. The van der Waals surface area contributed by atoms with E-state index in [2.05, 4.69) is 0 Å². The van der Waals surface area contributed by atoms with Gasteiger partial charge in [-0.2, -0.15) is 0 Å². The van der Waals surface area contributed by atoms with Crippen LogP contribution in [0.3, 0.4) is 0 Å². The number of furan rings is 1. The minimum Gasteiger partial charge on any atom is -0.503 e. The van der Waals surface area contributed by atoms with Crippen LogP contribution in [0.4, 0.5) is 0 Å². The van der Waals surface area contributed by atoms with Gasteiger partial charge in [0.1, 0.15) is 0 Å². The number of amides is 1. The zero-order valence-electron chi connectivity index (χ0n) is 15.4. The zero-order valence-corrected chi connectivity index (χ0v) is 16.2. The summed E-state index contributed by atoms with van der Waals surface area (Å²) in [6.07, 6.45) is 1.97. The van der Waals surface area contributed by atoms with Crippen molar-refractivity contribution in [3.63, 3.8) is 0 Å². The number of benzene rings is 2. The fraction of sp³-hybridized carbons (Fsp3) is 0.130. The number of nitrogens with zero attached hydrogens (tertiary/aromatic N) is 1. The Morgan fingerprint density at radius 2 is 1.76 bits per heavy atom. The van der Waals surface area contributed by atoms with Crippen molar-refractivity contribution in [3.8, 4) is 0 Å². The third-order valence-corrected chi connectivity index (χ3v) is 5.22. The number of carbonyl (C=O) groups is 2. The molecule has 0 saturated carbocycles.